The van der Waals surface area contributed by atoms with E-state index in [1.165, 1.54) is 6.92 Å². The Morgan fingerprint density at radius 2 is 1.83 bits per heavy atom. The van der Waals surface area contributed by atoms with E-state index in [1.54, 1.807) is 39.6 Å². The number of aromatic nitrogens is 1. The van der Waals surface area contributed by atoms with Gasteiger partial charge in [0.2, 0.25) is 6.79 Å². The number of aromatic amines is 1. The Balaban J connectivity index is 1.25. The predicted molar refractivity (Wildman–Crippen MR) is 232 cm³/mol. The van der Waals surface area contributed by atoms with Crippen molar-refractivity contribution >= 4 is 40.6 Å². The van der Waals surface area contributed by atoms with Crippen molar-refractivity contribution < 1.29 is 47.5 Å². The molecule has 1 spiro atoms. The number of likely N-dealkylation sites (N-methyl/N-ethyl adjacent to an activating group) is 1. The van der Waals surface area contributed by atoms with Gasteiger partial charge in [-0.1, -0.05) is 24.3 Å². The first-order valence-corrected chi connectivity index (χ1v) is 22.4. The highest BCUT2D eigenvalue weighted by Gasteiger charge is 2.61. The molecule has 0 amide bonds. The number of nitriles is 1. The fraction of sp³-hybridized carbons (Fsp3) is 0.489. The number of fused-ring (bicyclic) bond motifs is 12. The van der Waals surface area contributed by atoms with Gasteiger partial charge < -0.3 is 38.1 Å². The maximum Gasteiger partial charge on any atom is 0.514 e. The molecule has 2 fully saturated rings. The molecular formula is C47H51N5O10S. The number of piperazine rings is 1. The molecule has 1 unspecified atom stereocenters. The number of ketones is 1. The van der Waals surface area contributed by atoms with Crippen molar-refractivity contribution in [1.29, 1.82) is 5.26 Å². The van der Waals surface area contributed by atoms with Crippen LogP contribution in [0.1, 0.15) is 89.7 Å². The third kappa shape index (κ3) is 6.33. The average Bonchev–Trinajstić information content (AvgIpc) is 3.87. The highest BCUT2D eigenvalue weighted by Crippen LogP contribution is 2.64. The van der Waals surface area contributed by atoms with Gasteiger partial charge >= 0.3 is 12.1 Å². The van der Waals surface area contributed by atoms with Gasteiger partial charge in [-0.2, -0.15) is 5.26 Å². The quantitative estimate of drug-likeness (QED) is 0.131. The molecule has 3 aromatic carbocycles. The SMILES string of the molecule is COc1c(C)cc2c(c1OC(=O)OC(C)(C)C)[C@H]1C3[C@@H]4SC[C@]5(NCCc6c5[nH]c5ccccc65)C(=O)COC[C@@H](c5c6c(c(C)c(OC(C)=O)c54)OCO6)N3[C@@H](C#N)[C@@H](C2)N1C. The van der Waals surface area contributed by atoms with E-state index >= 15 is 4.79 Å². The van der Waals surface area contributed by atoms with E-state index < -0.39 is 52.7 Å². The molecule has 7 aliphatic rings. The molecule has 0 saturated carbocycles. The number of methoxy groups -OCH3 is 1. The van der Waals surface area contributed by atoms with Crippen molar-refractivity contribution in [3.63, 3.8) is 0 Å². The number of carbonyl (C=O) groups is 3. The van der Waals surface area contributed by atoms with Crippen LogP contribution in [0.15, 0.2) is 30.3 Å². The fourth-order valence-corrected chi connectivity index (χ4v) is 12.9. The van der Waals surface area contributed by atoms with Crippen LogP contribution in [0.25, 0.3) is 10.9 Å². The molecule has 1 aromatic heterocycles. The Bertz CT molecular complexity index is 2650. The number of para-hydroxylation sites is 1. The summed E-state index contributed by atoms with van der Waals surface area (Å²) in [5.41, 5.74) is 5.17. The number of thioether (sulfide) groups is 1. The maximum atomic E-state index is 15.0. The maximum absolute atomic E-state index is 15.0. The molecule has 2 N–H and O–H groups in total. The van der Waals surface area contributed by atoms with Gasteiger partial charge in [0.25, 0.3) is 0 Å². The van der Waals surface area contributed by atoms with Crippen molar-refractivity contribution in [3.05, 3.63) is 75.0 Å². The number of benzene rings is 3. The van der Waals surface area contributed by atoms with Crippen LogP contribution in [-0.2, 0) is 37.4 Å². The topological polar surface area (TPSA) is 174 Å². The van der Waals surface area contributed by atoms with Gasteiger partial charge in [0.1, 0.15) is 29.5 Å². The number of ether oxygens (including phenoxy) is 7. The minimum atomic E-state index is -1.20. The molecule has 0 radical (unpaired) electrons. The summed E-state index contributed by atoms with van der Waals surface area (Å²) in [6.45, 7) is 10.7. The van der Waals surface area contributed by atoms with Gasteiger partial charge in [-0.3, -0.25) is 24.7 Å². The first kappa shape index (κ1) is 41.7. The molecule has 4 aromatic rings. The minimum absolute atomic E-state index is 0.00663. The normalized spacial score (nSPS) is 27.4. The Kier molecular flexibility index (Phi) is 10.0. The van der Waals surface area contributed by atoms with Crippen molar-refractivity contribution in [3.8, 4) is 34.8 Å². The number of hydrogen-bond acceptors (Lipinski definition) is 15. The molecule has 11 rings (SSSR count). The van der Waals surface area contributed by atoms with E-state index in [0.29, 0.717) is 52.7 Å². The van der Waals surface area contributed by atoms with Gasteiger partial charge in [0.15, 0.2) is 28.8 Å². The molecular weight excluding hydrogens is 827 g/mol. The average molecular weight is 878 g/mol. The molecule has 63 heavy (non-hydrogen) atoms. The highest BCUT2D eigenvalue weighted by molar-refractivity contribution is 7.99. The number of Topliss-reactive ketones (excluding diaryl/α,β-unsaturated/α-hetero) is 1. The molecule has 7 aliphatic heterocycles. The largest absolute Gasteiger partial charge is 0.514 e. The van der Waals surface area contributed by atoms with Crippen LogP contribution in [0, 0.1) is 25.2 Å². The number of rotatable bonds is 3. The summed E-state index contributed by atoms with van der Waals surface area (Å²) < 4.78 is 43.4. The number of esters is 1. The zero-order valence-corrected chi connectivity index (χ0v) is 37.4. The highest BCUT2D eigenvalue weighted by atomic mass is 32.2. The molecule has 15 nitrogen and oxygen atoms in total. The zero-order valence-electron chi connectivity index (χ0n) is 36.6. The molecule has 4 bridgehead atoms. The van der Waals surface area contributed by atoms with E-state index in [1.807, 2.05) is 39.1 Å². The second-order valence-corrected chi connectivity index (χ2v) is 19.5. The predicted octanol–water partition coefficient (Wildman–Crippen LogP) is 6.40. The number of nitrogens with one attached hydrogen (secondary N) is 2. The Morgan fingerprint density at radius 1 is 1.05 bits per heavy atom. The molecule has 2 saturated heterocycles. The van der Waals surface area contributed by atoms with Crippen LogP contribution in [-0.4, -0.2) is 103 Å². The number of aryl methyl sites for hydroxylation is 1. The molecule has 7 atom stereocenters. The molecule has 16 heteroatoms. The van der Waals surface area contributed by atoms with Crippen molar-refractivity contribution in [2.45, 2.75) is 101 Å². The van der Waals surface area contributed by atoms with Gasteiger partial charge in [-0.15, -0.1) is 11.8 Å². The van der Waals surface area contributed by atoms with Crippen LogP contribution >= 0.6 is 11.8 Å². The first-order valence-electron chi connectivity index (χ1n) is 21.4. The van der Waals surface area contributed by atoms with Crippen molar-refractivity contribution in [2.75, 3.05) is 46.5 Å². The van der Waals surface area contributed by atoms with Gasteiger partial charge in [0, 0.05) is 70.2 Å². The monoisotopic (exact) mass is 877 g/mol. The Hall–Kier alpha value is -5.31. The molecule has 8 heterocycles. The summed E-state index contributed by atoms with van der Waals surface area (Å²) in [6, 6.07) is 10.0. The van der Waals surface area contributed by atoms with Crippen molar-refractivity contribution in [2.24, 2.45) is 0 Å². The number of carbonyl (C=O) groups excluding carboxylic acids is 3. The van der Waals surface area contributed by atoms with Crippen LogP contribution < -0.4 is 29.0 Å². The Labute approximate surface area is 369 Å². The van der Waals surface area contributed by atoms with E-state index in [-0.39, 0.29) is 43.3 Å². The lowest BCUT2D eigenvalue weighted by Gasteiger charge is -2.61. The van der Waals surface area contributed by atoms with Gasteiger partial charge in [0.05, 0.1) is 37.1 Å². The summed E-state index contributed by atoms with van der Waals surface area (Å²) in [5, 5.41) is 15.5. The molecule has 330 valence electrons. The number of H-pyrrole nitrogens is 1. The van der Waals surface area contributed by atoms with Gasteiger partial charge in [-0.25, -0.2) is 4.79 Å². The third-order valence-electron chi connectivity index (χ3n) is 13.6. The van der Waals surface area contributed by atoms with Crippen LogP contribution in [0.3, 0.4) is 0 Å². The van der Waals surface area contributed by atoms with E-state index in [2.05, 4.69) is 38.3 Å². The lowest BCUT2D eigenvalue weighted by Crippen LogP contribution is -2.69. The third-order valence-corrected chi connectivity index (χ3v) is 15.1. The van der Waals surface area contributed by atoms with Crippen LogP contribution in [0.4, 0.5) is 4.79 Å². The molecule has 0 aliphatic carbocycles. The standard InChI is InChI=1S/C47H51N5O10S/c1-22-15-25-16-29-30(17-48)52-31-18-57-19-32(54)47(44-27(13-14-49-47)26-11-9-10-12-28(26)50-44)20-63-43(35-34(31)41-40(58-21-59-41)23(2)39(35)60-24(3)53)37(52)36(51(29)7)33(25)42(38(22)56-8)61-45(55)62-46(4,5)6/h9-12,15,29-31,36-37,43,49-50H,13-14,16,18-21H2,1-8H3/t29-,30+,31+,36+,37?,43-,47+/m1/s1. The summed E-state index contributed by atoms with van der Waals surface area (Å²) in [6.07, 6.45) is 0.299. The number of nitrogens with zero attached hydrogens (tertiary/aromatic N) is 3. The van der Waals surface area contributed by atoms with Crippen LogP contribution in [0.5, 0.6) is 28.7 Å². The lowest BCUT2D eigenvalue weighted by molar-refractivity contribution is -0.133. The summed E-state index contributed by atoms with van der Waals surface area (Å²) in [4.78, 5) is 50.0. The summed E-state index contributed by atoms with van der Waals surface area (Å²) in [5.74, 6) is 1.52. The first-order chi connectivity index (χ1) is 30.2. The summed E-state index contributed by atoms with van der Waals surface area (Å²) in [7, 11) is 3.55. The minimum Gasteiger partial charge on any atom is -0.493 e. The smallest absolute Gasteiger partial charge is 0.493 e. The van der Waals surface area contributed by atoms with Crippen LogP contribution in [0.2, 0.25) is 0 Å². The van der Waals surface area contributed by atoms with E-state index in [0.717, 1.165) is 45.3 Å². The fourth-order valence-electron chi connectivity index (χ4n) is 11.2. The second kappa shape index (κ2) is 15.2. The van der Waals surface area contributed by atoms with Crippen molar-refractivity contribution in [1.82, 2.24) is 20.1 Å². The Morgan fingerprint density at radius 3 is 2.57 bits per heavy atom. The zero-order chi connectivity index (χ0) is 44.3. The van der Waals surface area contributed by atoms with Gasteiger partial charge in [-0.05, 0) is 77.3 Å². The van der Waals surface area contributed by atoms with E-state index in [9.17, 15) is 14.9 Å². The lowest BCUT2D eigenvalue weighted by atomic mass is 9.71. The number of hydrogen-bond donors (Lipinski definition) is 2. The van der Waals surface area contributed by atoms with E-state index in [4.69, 9.17) is 33.2 Å². The summed E-state index contributed by atoms with van der Waals surface area (Å²) >= 11 is 1.56. The second-order valence-electron chi connectivity index (χ2n) is 18.3.